The Kier molecular flexibility index (Phi) is 3.08. The summed E-state index contributed by atoms with van der Waals surface area (Å²) in [6, 6.07) is 7.39. The summed E-state index contributed by atoms with van der Waals surface area (Å²) in [6.45, 7) is 5.37. The highest BCUT2D eigenvalue weighted by atomic mass is 35.5. The van der Waals surface area contributed by atoms with E-state index >= 15 is 0 Å². The van der Waals surface area contributed by atoms with Gasteiger partial charge in [0.15, 0.2) is 0 Å². The van der Waals surface area contributed by atoms with Crippen molar-refractivity contribution in [2.24, 2.45) is 0 Å². The van der Waals surface area contributed by atoms with E-state index in [1.807, 2.05) is 6.07 Å². The van der Waals surface area contributed by atoms with Crippen LogP contribution in [-0.4, -0.2) is 10.6 Å². The van der Waals surface area contributed by atoms with Crippen LogP contribution in [0.15, 0.2) is 24.4 Å². The van der Waals surface area contributed by atoms with Crippen LogP contribution in [0.25, 0.3) is 10.9 Å². The Bertz CT molecular complexity index is 567. The smallest absolute Gasteiger partial charge is 0.0501 e. The lowest BCUT2D eigenvalue weighted by Crippen LogP contribution is -2.14. The van der Waals surface area contributed by atoms with Gasteiger partial charge < -0.3 is 9.88 Å². The SMILES string of the molecule is CC(C)n1cc(CNC2CC2)c2ccc(Cl)cc21. The summed E-state index contributed by atoms with van der Waals surface area (Å²) >= 11 is 6.11. The molecule has 3 rings (SSSR count). The number of nitrogens with zero attached hydrogens (tertiary/aromatic N) is 1. The molecule has 0 atom stereocenters. The fourth-order valence-corrected chi connectivity index (χ4v) is 2.57. The number of hydrogen-bond acceptors (Lipinski definition) is 1. The summed E-state index contributed by atoms with van der Waals surface area (Å²) < 4.78 is 2.31. The molecule has 2 nitrogen and oxygen atoms in total. The third-order valence-electron chi connectivity index (χ3n) is 3.59. The second kappa shape index (κ2) is 4.60. The molecule has 1 aromatic heterocycles. The molecule has 96 valence electrons. The van der Waals surface area contributed by atoms with Crippen molar-refractivity contribution in [3.63, 3.8) is 0 Å². The second-order valence-electron chi connectivity index (χ2n) is 5.47. The van der Waals surface area contributed by atoms with Crippen LogP contribution in [0.1, 0.15) is 38.3 Å². The molecule has 0 aliphatic heterocycles. The van der Waals surface area contributed by atoms with Gasteiger partial charge in [0, 0.05) is 35.2 Å². The lowest BCUT2D eigenvalue weighted by molar-refractivity contribution is 0.616. The first-order valence-corrected chi connectivity index (χ1v) is 7.05. The summed E-state index contributed by atoms with van der Waals surface area (Å²) in [7, 11) is 0. The van der Waals surface area contributed by atoms with Crippen molar-refractivity contribution in [1.29, 1.82) is 0 Å². The van der Waals surface area contributed by atoms with E-state index in [1.165, 1.54) is 29.3 Å². The minimum absolute atomic E-state index is 0.459. The second-order valence-corrected chi connectivity index (χ2v) is 5.91. The Morgan fingerprint density at radius 3 is 2.83 bits per heavy atom. The van der Waals surface area contributed by atoms with E-state index in [-0.39, 0.29) is 0 Å². The predicted octanol–water partition coefficient (Wildman–Crippen LogP) is 4.13. The topological polar surface area (TPSA) is 17.0 Å². The van der Waals surface area contributed by atoms with Gasteiger partial charge in [0.2, 0.25) is 0 Å². The third kappa shape index (κ3) is 2.27. The van der Waals surface area contributed by atoms with Crippen molar-refractivity contribution in [1.82, 2.24) is 9.88 Å². The molecule has 1 aliphatic carbocycles. The zero-order chi connectivity index (χ0) is 12.7. The number of rotatable bonds is 4. The van der Waals surface area contributed by atoms with Crippen LogP contribution in [-0.2, 0) is 6.54 Å². The van der Waals surface area contributed by atoms with Crippen molar-refractivity contribution in [3.8, 4) is 0 Å². The summed E-state index contributed by atoms with van der Waals surface area (Å²) in [4.78, 5) is 0. The first-order chi connectivity index (χ1) is 8.65. The van der Waals surface area contributed by atoms with Crippen LogP contribution >= 0.6 is 11.6 Å². The molecule has 1 heterocycles. The van der Waals surface area contributed by atoms with Gasteiger partial charge in [-0.3, -0.25) is 0 Å². The quantitative estimate of drug-likeness (QED) is 0.877. The molecule has 0 spiro atoms. The largest absolute Gasteiger partial charge is 0.345 e. The first kappa shape index (κ1) is 12.1. The van der Waals surface area contributed by atoms with E-state index in [2.05, 4.69) is 42.1 Å². The minimum atomic E-state index is 0.459. The third-order valence-corrected chi connectivity index (χ3v) is 3.83. The first-order valence-electron chi connectivity index (χ1n) is 6.67. The van der Waals surface area contributed by atoms with Crippen molar-refractivity contribution < 1.29 is 0 Å². The van der Waals surface area contributed by atoms with E-state index in [0.717, 1.165) is 17.6 Å². The van der Waals surface area contributed by atoms with Gasteiger partial charge in [0.25, 0.3) is 0 Å². The van der Waals surface area contributed by atoms with Crippen LogP contribution in [0.3, 0.4) is 0 Å². The normalized spacial score (nSPS) is 15.8. The maximum atomic E-state index is 6.11. The highest BCUT2D eigenvalue weighted by molar-refractivity contribution is 6.31. The van der Waals surface area contributed by atoms with Crippen molar-refractivity contribution in [2.75, 3.05) is 0 Å². The average Bonchev–Trinajstić information content (AvgIpc) is 3.08. The molecule has 1 aromatic carbocycles. The van der Waals surface area contributed by atoms with Gasteiger partial charge in [0.1, 0.15) is 0 Å². The van der Waals surface area contributed by atoms with E-state index < -0.39 is 0 Å². The van der Waals surface area contributed by atoms with Crippen molar-refractivity contribution in [3.05, 3.63) is 35.0 Å². The van der Waals surface area contributed by atoms with E-state index in [9.17, 15) is 0 Å². The number of halogens is 1. The lowest BCUT2D eigenvalue weighted by atomic mass is 10.2. The molecule has 0 unspecified atom stereocenters. The van der Waals surface area contributed by atoms with E-state index in [1.54, 1.807) is 0 Å². The molecule has 1 aliphatic rings. The summed E-state index contributed by atoms with van der Waals surface area (Å²) in [6.07, 6.45) is 4.92. The average molecular weight is 263 g/mol. The Labute approximate surface area is 113 Å². The van der Waals surface area contributed by atoms with Gasteiger partial charge in [-0.05, 0) is 44.4 Å². The molecule has 2 aromatic rings. The highest BCUT2D eigenvalue weighted by Crippen LogP contribution is 2.28. The molecule has 0 saturated heterocycles. The highest BCUT2D eigenvalue weighted by Gasteiger charge is 2.21. The number of nitrogens with one attached hydrogen (secondary N) is 1. The summed E-state index contributed by atoms with van der Waals surface area (Å²) in [5.74, 6) is 0. The van der Waals surface area contributed by atoms with Gasteiger partial charge in [-0.2, -0.15) is 0 Å². The van der Waals surface area contributed by atoms with Crippen molar-refractivity contribution >= 4 is 22.5 Å². The standard InChI is InChI=1S/C15H19ClN2/c1-10(2)18-9-11(8-17-13-4-5-13)14-6-3-12(16)7-15(14)18/h3,6-7,9-10,13,17H,4-5,8H2,1-2H3. The Hall–Kier alpha value is -0.990. The van der Waals surface area contributed by atoms with Crippen LogP contribution in [0.4, 0.5) is 0 Å². The van der Waals surface area contributed by atoms with E-state index in [0.29, 0.717) is 6.04 Å². The fourth-order valence-electron chi connectivity index (χ4n) is 2.41. The maximum absolute atomic E-state index is 6.11. The number of fused-ring (bicyclic) bond motifs is 1. The van der Waals surface area contributed by atoms with Crippen molar-refractivity contribution in [2.45, 2.75) is 45.3 Å². The number of aromatic nitrogens is 1. The lowest BCUT2D eigenvalue weighted by Gasteiger charge is -2.08. The van der Waals surface area contributed by atoms with Crippen LogP contribution in [0.5, 0.6) is 0 Å². The monoisotopic (exact) mass is 262 g/mol. The van der Waals surface area contributed by atoms with Crippen LogP contribution < -0.4 is 5.32 Å². The summed E-state index contributed by atoms with van der Waals surface area (Å²) in [5, 5.41) is 5.72. The van der Waals surface area contributed by atoms with Gasteiger partial charge in [-0.1, -0.05) is 17.7 Å². The minimum Gasteiger partial charge on any atom is -0.345 e. The van der Waals surface area contributed by atoms with Gasteiger partial charge >= 0.3 is 0 Å². The molecule has 18 heavy (non-hydrogen) atoms. The molecular weight excluding hydrogens is 244 g/mol. The molecule has 1 fully saturated rings. The molecule has 0 amide bonds. The van der Waals surface area contributed by atoms with Crippen LogP contribution in [0.2, 0.25) is 5.02 Å². The zero-order valence-electron chi connectivity index (χ0n) is 10.9. The Morgan fingerprint density at radius 1 is 1.39 bits per heavy atom. The molecule has 0 radical (unpaired) electrons. The fraction of sp³-hybridized carbons (Fsp3) is 0.467. The Morgan fingerprint density at radius 2 is 2.17 bits per heavy atom. The molecule has 0 bridgehead atoms. The zero-order valence-corrected chi connectivity index (χ0v) is 11.7. The molecule has 1 saturated carbocycles. The number of hydrogen-bond donors (Lipinski definition) is 1. The van der Waals surface area contributed by atoms with Crippen LogP contribution in [0, 0.1) is 0 Å². The van der Waals surface area contributed by atoms with Gasteiger partial charge in [-0.25, -0.2) is 0 Å². The molecule has 3 heteroatoms. The predicted molar refractivity (Wildman–Crippen MR) is 77.2 cm³/mol. The number of benzene rings is 1. The Balaban J connectivity index is 2.01. The van der Waals surface area contributed by atoms with Gasteiger partial charge in [-0.15, -0.1) is 0 Å². The molecular formula is C15H19ClN2. The van der Waals surface area contributed by atoms with Gasteiger partial charge in [0.05, 0.1) is 5.52 Å². The van der Waals surface area contributed by atoms with E-state index in [4.69, 9.17) is 11.6 Å². The molecule has 1 N–H and O–H groups in total. The summed E-state index contributed by atoms with van der Waals surface area (Å²) in [5.41, 5.74) is 2.62. The maximum Gasteiger partial charge on any atom is 0.0501 e.